The molecule has 16 rings (SSSR count). The minimum absolute atomic E-state index is 1.22. The van der Waals surface area contributed by atoms with E-state index in [9.17, 15) is 0 Å². The Morgan fingerprint density at radius 3 is 1.18 bits per heavy atom. The highest BCUT2D eigenvalue weighted by molar-refractivity contribution is 6.31. The number of rotatable bonds is 3. The highest BCUT2D eigenvalue weighted by atomic mass is 14.9. The van der Waals surface area contributed by atoms with Crippen LogP contribution in [0.4, 0.5) is 0 Å². The third kappa shape index (κ3) is 4.36. The van der Waals surface area contributed by atoms with E-state index in [0.717, 1.165) is 0 Å². The average molecular weight is 833 g/mol. The SMILES string of the molecule is c1ccc2cc3cc(-c4c5cccc(-c6ccc7c8ccccc8n8c9ccccc9c6c78)c5cc5c(-c6ccc7c8ccccc8n8c9ccccc9c6c78)cccc45)ccc3cc2c1. The summed E-state index contributed by atoms with van der Waals surface area (Å²) in [6.07, 6.45) is 0. The zero-order valence-electron chi connectivity index (χ0n) is 35.7. The Hall–Kier alpha value is -8.72. The van der Waals surface area contributed by atoms with Crippen LogP contribution >= 0.6 is 0 Å². The molecule has 66 heavy (non-hydrogen) atoms. The Morgan fingerprint density at radius 2 is 0.652 bits per heavy atom. The van der Waals surface area contributed by atoms with Crippen molar-refractivity contribution < 1.29 is 0 Å². The molecule has 4 aromatic heterocycles. The lowest BCUT2D eigenvalue weighted by atomic mass is 9.84. The Labute approximate surface area is 378 Å². The molecule has 0 atom stereocenters. The molecule has 0 bridgehead atoms. The second-order valence-corrected chi connectivity index (χ2v) is 18.3. The quantitative estimate of drug-likeness (QED) is 0.157. The van der Waals surface area contributed by atoms with Crippen molar-refractivity contribution in [1.82, 2.24) is 8.80 Å². The molecule has 0 aliphatic carbocycles. The second kappa shape index (κ2) is 12.5. The van der Waals surface area contributed by atoms with Gasteiger partial charge in [-0.25, -0.2) is 0 Å². The van der Waals surface area contributed by atoms with Crippen molar-refractivity contribution >= 4 is 119 Å². The number of aromatic nitrogens is 2. The molecule has 12 aromatic carbocycles. The molecule has 4 heterocycles. The van der Waals surface area contributed by atoms with E-state index < -0.39 is 0 Å². The summed E-state index contributed by atoms with van der Waals surface area (Å²) in [5.41, 5.74) is 15.1. The van der Waals surface area contributed by atoms with Crippen LogP contribution in [0.25, 0.3) is 153 Å². The number of nitrogens with zero attached hydrogens (tertiary/aromatic N) is 2. The lowest BCUT2D eigenvalue weighted by Gasteiger charge is -2.19. The molecule has 0 spiro atoms. The van der Waals surface area contributed by atoms with Crippen LogP contribution < -0.4 is 0 Å². The van der Waals surface area contributed by atoms with E-state index in [0.29, 0.717) is 0 Å². The van der Waals surface area contributed by atoms with Crippen LogP contribution in [0.1, 0.15) is 0 Å². The van der Waals surface area contributed by atoms with Crippen molar-refractivity contribution in [1.29, 1.82) is 0 Å². The van der Waals surface area contributed by atoms with E-state index >= 15 is 0 Å². The Bertz CT molecular complexity index is 4510. The van der Waals surface area contributed by atoms with Gasteiger partial charge in [-0.2, -0.15) is 0 Å². The summed E-state index contributed by atoms with van der Waals surface area (Å²) in [5, 5.41) is 20.4. The number of hydrogen-bond acceptors (Lipinski definition) is 0. The normalized spacial score (nSPS) is 12.5. The van der Waals surface area contributed by atoms with Crippen LogP contribution in [0.15, 0.2) is 218 Å². The fraction of sp³-hybridized carbons (Fsp3) is 0. The number of hydrogen-bond donors (Lipinski definition) is 0. The number of para-hydroxylation sites is 4. The highest BCUT2D eigenvalue weighted by Crippen LogP contribution is 2.50. The summed E-state index contributed by atoms with van der Waals surface area (Å²) in [4.78, 5) is 0. The molecule has 2 nitrogen and oxygen atoms in total. The molecule has 0 saturated heterocycles. The summed E-state index contributed by atoms with van der Waals surface area (Å²) in [6, 6.07) is 82.2. The predicted octanol–water partition coefficient (Wildman–Crippen LogP) is 17.6. The number of benzene rings is 12. The summed E-state index contributed by atoms with van der Waals surface area (Å²) < 4.78 is 5.00. The second-order valence-electron chi connectivity index (χ2n) is 18.3. The molecule has 302 valence electrons. The summed E-state index contributed by atoms with van der Waals surface area (Å²) in [7, 11) is 0. The first kappa shape index (κ1) is 34.7. The Balaban J connectivity index is 1.06. The lowest BCUT2D eigenvalue weighted by Crippen LogP contribution is -1.91. The van der Waals surface area contributed by atoms with Crippen LogP contribution in [0.5, 0.6) is 0 Å². The maximum absolute atomic E-state index is 2.52. The van der Waals surface area contributed by atoms with Gasteiger partial charge in [0.15, 0.2) is 0 Å². The minimum atomic E-state index is 1.22. The van der Waals surface area contributed by atoms with Crippen molar-refractivity contribution in [3.05, 3.63) is 218 Å². The zero-order chi connectivity index (χ0) is 42.8. The first-order valence-electron chi connectivity index (χ1n) is 23.0. The first-order chi connectivity index (χ1) is 32.8. The third-order valence-electron chi connectivity index (χ3n) is 15.1. The van der Waals surface area contributed by atoms with Crippen molar-refractivity contribution in [2.45, 2.75) is 0 Å². The van der Waals surface area contributed by atoms with Gasteiger partial charge in [0.1, 0.15) is 0 Å². The Kier molecular flexibility index (Phi) is 6.58. The van der Waals surface area contributed by atoms with Crippen LogP contribution in [0.2, 0.25) is 0 Å². The third-order valence-corrected chi connectivity index (χ3v) is 15.1. The number of fused-ring (bicyclic) bond motifs is 16. The maximum Gasteiger partial charge on any atom is 0.0626 e. The van der Waals surface area contributed by atoms with E-state index in [1.165, 1.54) is 153 Å². The Morgan fingerprint density at radius 1 is 0.227 bits per heavy atom. The van der Waals surface area contributed by atoms with Gasteiger partial charge < -0.3 is 8.80 Å². The van der Waals surface area contributed by atoms with Crippen molar-refractivity contribution in [2.75, 3.05) is 0 Å². The minimum Gasteiger partial charge on any atom is -0.308 e. The predicted molar refractivity (Wildman–Crippen MR) is 282 cm³/mol. The first-order valence-corrected chi connectivity index (χ1v) is 23.0. The van der Waals surface area contributed by atoms with E-state index in [1.807, 2.05) is 0 Å². The van der Waals surface area contributed by atoms with E-state index in [2.05, 4.69) is 227 Å². The molecular weight excluding hydrogens is 797 g/mol. The molecule has 0 N–H and O–H groups in total. The van der Waals surface area contributed by atoms with Crippen LogP contribution in [-0.2, 0) is 0 Å². The van der Waals surface area contributed by atoms with E-state index in [4.69, 9.17) is 0 Å². The molecule has 0 saturated carbocycles. The fourth-order valence-electron chi connectivity index (χ4n) is 12.4. The monoisotopic (exact) mass is 832 g/mol. The lowest BCUT2D eigenvalue weighted by molar-refractivity contribution is 1.37. The maximum atomic E-state index is 2.52. The van der Waals surface area contributed by atoms with Crippen LogP contribution in [-0.4, -0.2) is 8.80 Å². The van der Waals surface area contributed by atoms with E-state index in [-0.39, 0.29) is 0 Å². The molecule has 16 aromatic rings. The molecule has 0 aliphatic heterocycles. The van der Waals surface area contributed by atoms with Gasteiger partial charge in [-0.05, 0) is 125 Å². The summed E-state index contributed by atoms with van der Waals surface area (Å²) in [6.45, 7) is 0. The average Bonchev–Trinajstić information content (AvgIpc) is 4.11. The van der Waals surface area contributed by atoms with Gasteiger partial charge in [-0.3, -0.25) is 0 Å². The largest absolute Gasteiger partial charge is 0.308 e. The van der Waals surface area contributed by atoms with Gasteiger partial charge >= 0.3 is 0 Å². The van der Waals surface area contributed by atoms with Crippen molar-refractivity contribution in [3.63, 3.8) is 0 Å². The van der Waals surface area contributed by atoms with Crippen LogP contribution in [0.3, 0.4) is 0 Å². The highest BCUT2D eigenvalue weighted by Gasteiger charge is 2.25. The molecule has 2 heteroatoms. The van der Waals surface area contributed by atoms with Crippen molar-refractivity contribution in [3.8, 4) is 33.4 Å². The molecule has 0 radical (unpaired) electrons. The summed E-state index contributed by atoms with van der Waals surface area (Å²) in [5.74, 6) is 0. The van der Waals surface area contributed by atoms with Crippen molar-refractivity contribution in [2.24, 2.45) is 0 Å². The topological polar surface area (TPSA) is 8.82 Å². The molecule has 0 fully saturated rings. The molecule has 0 aliphatic rings. The fourth-order valence-corrected chi connectivity index (χ4v) is 12.4. The van der Waals surface area contributed by atoms with Gasteiger partial charge in [0, 0.05) is 43.1 Å². The summed E-state index contributed by atoms with van der Waals surface area (Å²) >= 11 is 0. The zero-order valence-corrected chi connectivity index (χ0v) is 35.7. The van der Waals surface area contributed by atoms with Gasteiger partial charge in [0.2, 0.25) is 0 Å². The van der Waals surface area contributed by atoms with Gasteiger partial charge in [-0.1, -0.05) is 170 Å². The molecule has 0 unspecified atom stereocenters. The van der Waals surface area contributed by atoms with Crippen LogP contribution in [0, 0.1) is 0 Å². The van der Waals surface area contributed by atoms with Gasteiger partial charge in [0.25, 0.3) is 0 Å². The van der Waals surface area contributed by atoms with E-state index in [1.54, 1.807) is 0 Å². The molecular formula is C64H36N2. The smallest absolute Gasteiger partial charge is 0.0626 e. The standard InChI is InChI=1S/C64H36N2/c1-2-14-38-34-41-35-40(28-27-39(41)33-37(38)13-1)60-46-21-11-19-42(48-29-31-50-44-15-3-7-23-56(44)65-58-25-9-5-17-52(58)61(48)63(50)65)54(46)36-55-43(20-12-22-47(55)60)49-30-32-51-45-16-4-8-24-57(45)66-59-26-10-6-18-53(59)62(49)64(51)66/h1-36H. The van der Waals surface area contributed by atoms with Gasteiger partial charge in [0.05, 0.1) is 33.1 Å². The molecule has 0 amide bonds. The van der Waals surface area contributed by atoms with Gasteiger partial charge in [-0.15, -0.1) is 0 Å².